The smallest absolute Gasteiger partial charge is 0.0271 e. The van der Waals surface area contributed by atoms with E-state index in [9.17, 15) is 0 Å². The van der Waals surface area contributed by atoms with Crippen LogP contribution in [-0.2, 0) is 0 Å². The molecule has 0 aromatic carbocycles. The highest BCUT2D eigenvalue weighted by Gasteiger charge is 2.43. The summed E-state index contributed by atoms with van der Waals surface area (Å²) in [5.74, 6) is 1.01. The average molecular weight is 210 g/mol. The predicted octanol–water partition coefficient (Wildman–Crippen LogP) is 2.10. The van der Waals surface area contributed by atoms with Crippen molar-refractivity contribution in [2.45, 2.75) is 51.6 Å². The van der Waals surface area contributed by atoms with Crippen molar-refractivity contribution < 1.29 is 0 Å². The molecule has 2 unspecified atom stereocenters. The number of hydrogen-bond acceptors (Lipinski definition) is 2. The van der Waals surface area contributed by atoms with Crippen LogP contribution < -0.4 is 5.32 Å². The van der Waals surface area contributed by atoms with E-state index in [4.69, 9.17) is 0 Å². The predicted molar refractivity (Wildman–Crippen MR) is 65.0 cm³/mol. The molecule has 2 fully saturated rings. The van der Waals surface area contributed by atoms with Crippen LogP contribution in [0.2, 0.25) is 0 Å². The van der Waals surface area contributed by atoms with Gasteiger partial charge >= 0.3 is 0 Å². The number of nitrogens with zero attached hydrogens (tertiary/aromatic N) is 1. The Morgan fingerprint density at radius 1 is 1.27 bits per heavy atom. The number of rotatable bonds is 4. The number of likely N-dealkylation sites (N-methyl/N-ethyl adjacent to an activating group) is 2. The summed E-state index contributed by atoms with van der Waals surface area (Å²) in [6.07, 6.45) is 5.65. The minimum Gasteiger partial charge on any atom is -0.315 e. The lowest BCUT2D eigenvalue weighted by molar-refractivity contribution is 0.172. The Hall–Kier alpha value is -0.0800. The van der Waals surface area contributed by atoms with Gasteiger partial charge in [-0.3, -0.25) is 0 Å². The molecule has 88 valence electrons. The third-order valence-corrected chi connectivity index (χ3v) is 4.43. The summed E-state index contributed by atoms with van der Waals surface area (Å²) in [4.78, 5) is 2.60. The normalized spacial score (nSPS) is 35.0. The highest BCUT2D eigenvalue weighted by Crippen LogP contribution is 2.40. The van der Waals surface area contributed by atoms with Gasteiger partial charge in [0, 0.05) is 18.6 Å². The van der Waals surface area contributed by atoms with Crippen molar-refractivity contribution >= 4 is 0 Å². The molecule has 2 atom stereocenters. The monoisotopic (exact) mass is 210 g/mol. The van der Waals surface area contributed by atoms with Gasteiger partial charge in [-0.2, -0.15) is 0 Å². The van der Waals surface area contributed by atoms with Crippen LogP contribution >= 0.6 is 0 Å². The van der Waals surface area contributed by atoms with Gasteiger partial charge in [-0.1, -0.05) is 13.8 Å². The summed E-state index contributed by atoms with van der Waals surface area (Å²) in [5.41, 5.74) is 0.469. The summed E-state index contributed by atoms with van der Waals surface area (Å²) in [6, 6.07) is 1.42. The fourth-order valence-corrected chi connectivity index (χ4v) is 3.26. The van der Waals surface area contributed by atoms with Crippen LogP contribution in [0.3, 0.4) is 0 Å². The van der Waals surface area contributed by atoms with Gasteiger partial charge in [-0.15, -0.1) is 0 Å². The van der Waals surface area contributed by atoms with Gasteiger partial charge in [0.2, 0.25) is 0 Å². The Kier molecular flexibility index (Phi) is 3.09. The minimum absolute atomic E-state index is 0.469. The van der Waals surface area contributed by atoms with Crippen LogP contribution in [0.4, 0.5) is 0 Å². The Balaban J connectivity index is 1.95. The van der Waals surface area contributed by atoms with Crippen LogP contribution in [0.1, 0.15) is 39.5 Å². The fourth-order valence-electron chi connectivity index (χ4n) is 3.26. The van der Waals surface area contributed by atoms with E-state index in [1.54, 1.807) is 0 Å². The number of nitrogens with one attached hydrogen (secondary N) is 1. The first-order valence-corrected chi connectivity index (χ1v) is 6.42. The van der Waals surface area contributed by atoms with Gasteiger partial charge in [0.15, 0.2) is 0 Å². The standard InChI is InChI=1S/C13H26N2/c1-13(2)8-7-11(12(13)14-3)15(4)9-10-5-6-10/h10-12,14H,5-9H2,1-4H3. The second-order valence-electron chi connectivity index (χ2n) is 6.24. The zero-order chi connectivity index (χ0) is 11.1. The van der Waals surface area contributed by atoms with E-state index in [2.05, 4.69) is 38.2 Å². The maximum atomic E-state index is 3.54. The fraction of sp³-hybridized carbons (Fsp3) is 1.00. The zero-order valence-corrected chi connectivity index (χ0v) is 10.7. The largest absolute Gasteiger partial charge is 0.315 e. The SMILES string of the molecule is CNC1C(N(C)CC2CC2)CCC1(C)C. The quantitative estimate of drug-likeness (QED) is 0.764. The van der Waals surface area contributed by atoms with E-state index in [-0.39, 0.29) is 0 Å². The summed E-state index contributed by atoms with van der Waals surface area (Å²) in [6.45, 7) is 6.12. The van der Waals surface area contributed by atoms with E-state index >= 15 is 0 Å². The van der Waals surface area contributed by atoms with E-state index in [1.165, 1.54) is 32.2 Å². The molecular weight excluding hydrogens is 184 g/mol. The molecule has 0 aromatic heterocycles. The van der Waals surface area contributed by atoms with E-state index in [1.807, 2.05) is 0 Å². The van der Waals surface area contributed by atoms with E-state index in [0.717, 1.165) is 12.0 Å². The molecule has 0 heterocycles. The third kappa shape index (κ3) is 2.36. The number of hydrogen-bond donors (Lipinski definition) is 1. The first-order chi connectivity index (χ1) is 7.04. The van der Waals surface area contributed by atoms with Crippen molar-refractivity contribution in [1.82, 2.24) is 10.2 Å². The molecule has 2 aliphatic carbocycles. The van der Waals surface area contributed by atoms with Crippen LogP contribution in [0.15, 0.2) is 0 Å². The van der Waals surface area contributed by atoms with Crippen LogP contribution in [0.5, 0.6) is 0 Å². The molecule has 1 N–H and O–H groups in total. The van der Waals surface area contributed by atoms with Gasteiger partial charge in [0.25, 0.3) is 0 Å². The molecule has 2 heteroatoms. The van der Waals surface area contributed by atoms with Crippen molar-refractivity contribution in [3.63, 3.8) is 0 Å². The zero-order valence-electron chi connectivity index (χ0n) is 10.7. The molecule has 2 nitrogen and oxygen atoms in total. The van der Waals surface area contributed by atoms with E-state index in [0.29, 0.717) is 11.5 Å². The Labute approximate surface area is 94.4 Å². The first kappa shape index (κ1) is 11.4. The summed E-state index contributed by atoms with van der Waals surface area (Å²) in [5, 5.41) is 3.54. The minimum atomic E-state index is 0.469. The summed E-state index contributed by atoms with van der Waals surface area (Å²) >= 11 is 0. The second kappa shape index (κ2) is 4.06. The van der Waals surface area contributed by atoms with Crippen molar-refractivity contribution in [1.29, 1.82) is 0 Å². The Morgan fingerprint density at radius 3 is 2.47 bits per heavy atom. The van der Waals surface area contributed by atoms with Crippen LogP contribution in [0, 0.1) is 11.3 Å². The van der Waals surface area contributed by atoms with Gasteiger partial charge in [0.1, 0.15) is 0 Å². The van der Waals surface area contributed by atoms with Crippen molar-refractivity contribution in [2.24, 2.45) is 11.3 Å². The first-order valence-electron chi connectivity index (χ1n) is 6.42. The van der Waals surface area contributed by atoms with Crippen LogP contribution in [-0.4, -0.2) is 37.6 Å². The lowest BCUT2D eigenvalue weighted by Crippen LogP contribution is -2.49. The molecular formula is C13H26N2. The maximum Gasteiger partial charge on any atom is 0.0271 e. The van der Waals surface area contributed by atoms with Crippen LogP contribution in [0.25, 0.3) is 0 Å². The molecule has 0 bridgehead atoms. The Bertz CT molecular complexity index is 221. The topological polar surface area (TPSA) is 15.3 Å². The van der Waals surface area contributed by atoms with E-state index < -0.39 is 0 Å². The van der Waals surface area contributed by atoms with Gasteiger partial charge in [-0.25, -0.2) is 0 Å². The van der Waals surface area contributed by atoms with Gasteiger partial charge in [0.05, 0.1) is 0 Å². The lowest BCUT2D eigenvalue weighted by Gasteiger charge is -2.35. The molecule has 15 heavy (non-hydrogen) atoms. The highest BCUT2D eigenvalue weighted by atomic mass is 15.2. The molecule has 0 aliphatic heterocycles. The molecule has 0 aromatic rings. The van der Waals surface area contributed by atoms with Gasteiger partial charge in [-0.05, 0) is 51.1 Å². The highest BCUT2D eigenvalue weighted by molar-refractivity contribution is 5.00. The van der Waals surface area contributed by atoms with Crippen molar-refractivity contribution in [3.05, 3.63) is 0 Å². The second-order valence-corrected chi connectivity index (χ2v) is 6.24. The molecule has 2 rings (SSSR count). The maximum absolute atomic E-state index is 3.54. The molecule has 0 amide bonds. The molecule has 2 saturated carbocycles. The lowest BCUT2D eigenvalue weighted by atomic mass is 9.86. The third-order valence-electron chi connectivity index (χ3n) is 4.43. The summed E-state index contributed by atoms with van der Waals surface area (Å²) < 4.78 is 0. The average Bonchev–Trinajstić information content (AvgIpc) is 2.89. The van der Waals surface area contributed by atoms with Crippen molar-refractivity contribution in [3.8, 4) is 0 Å². The summed E-state index contributed by atoms with van der Waals surface area (Å²) in [7, 11) is 4.43. The molecule has 0 radical (unpaired) electrons. The Morgan fingerprint density at radius 2 is 1.93 bits per heavy atom. The molecule has 0 saturated heterocycles. The molecule has 2 aliphatic rings. The molecule has 0 spiro atoms. The van der Waals surface area contributed by atoms with Gasteiger partial charge < -0.3 is 10.2 Å². The van der Waals surface area contributed by atoms with Crippen molar-refractivity contribution in [2.75, 3.05) is 20.6 Å².